The third kappa shape index (κ3) is 17.8. The molecule has 8 bridgehead atoms. The van der Waals surface area contributed by atoms with Gasteiger partial charge in [-0.2, -0.15) is 0 Å². The maximum atomic E-state index is 14.1. The van der Waals surface area contributed by atoms with Crippen molar-refractivity contribution >= 4 is 104 Å². The van der Waals surface area contributed by atoms with E-state index in [1.807, 2.05) is 33.8 Å². The van der Waals surface area contributed by atoms with Crippen molar-refractivity contribution in [3.05, 3.63) is 68.8 Å². The quantitative estimate of drug-likeness (QED) is 0.0453. The molecule has 4 aliphatic heterocycles. The summed E-state index contributed by atoms with van der Waals surface area (Å²) in [4.78, 5) is 120. The maximum Gasteiger partial charge on any atom is 0.340 e. The highest BCUT2D eigenvalue weighted by atomic mass is 32.2. The van der Waals surface area contributed by atoms with Crippen LogP contribution >= 0.6 is 23.5 Å². The first-order chi connectivity index (χ1) is 42.7. The van der Waals surface area contributed by atoms with Crippen LogP contribution in [0.3, 0.4) is 0 Å². The molecule has 2 N–H and O–H groups in total. The lowest BCUT2D eigenvalue weighted by atomic mass is 9.85. The Morgan fingerprint density at radius 3 is 2.00 bits per heavy atom. The Morgan fingerprint density at radius 2 is 1.34 bits per heavy atom. The van der Waals surface area contributed by atoms with Gasteiger partial charge in [0, 0.05) is 132 Å². The average Bonchev–Trinajstić information content (AvgIpc) is 1.53. The molecule has 25 heteroatoms. The molecule has 2 saturated heterocycles. The van der Waals surface area contributed by atoms with E-state index in [-0.39, 0.29) is 61.5 Å². The number of aryl methyl sites for hydroxylation is 3. The Hall–Kier alpha value is -6.80. The number of carbonyl (C=O) groups is 8. The number of aromatic amines is 2. The van der Waals surface area contributed by atoms with E-state index in [9.17, 15) is 38.4 Å². The minimum absolute atomic E-state index is 0.0369. The van der Waals surface area contributed by atoms with Crippen LogP contribution in [-0.4, -0.2) is 172 Å². The van der Waals surface area contributed by atoms with Crippen molar-refractivity contribution < 1.29 is 85.7 Å². The number of amides is 1. The first-order valence-electron chi connectivity index (χ1n) is 30.6. The number of hydrogen-bond donors (Lipinski definition) is 2. The molecule has 7 rings (SSSR count). The highest BCUT2D eigenvalue weighted by molar-refractivity contribution is 8.00. The molecule has 492 valence electrons. The molecule has 0 spiro atoms. The van der Waals surface area contributed by atoms with Gasteiger partial charge in [0.05, 0.1) is 36.3 Å². The van der Waals surface area contributed by atoms with E-state index in [0.29, 0.717) is 84.7 Å². The summed E-state index contributed by atoms with van der Waals surface area (Å²) in [5.74, 6) is -3.43. The number of nitrogens with one attached hydrogen (secondary N) is 2. The maximum absolute atomic E-state index is 14.1. The standard InChI is InChI=1S/C65H87N5O18S2/c1-16-46-32(2)48-29-53-57(37(7)80-22-18-24-90-65-63(86-43(13)76)62(85-42(12)75)61(84-41(11)74)54(88-65)31-82-39(9)72)34(4)50(67-53)27-49-33(3)47(59(68-49)36(6)60-58(64(78)79-15)35(5)51(69-60)28-52(46)66-48)19-20-55(77)70(14)21-17-23-89-56-26-44(83-40(10)73)25-45(87-56)30-81-38(8)71/h27-29,33,37,44-45,47,54,56,61-63,65-67H,16-26,30-31H2,1-15H3/t33-,37?,44-,45-,47-,54+,56-,61+,62-,63+,65-/m0/s1. The fourth-order valence-electron chi connectivity index (χ4n) is 12.1. The van der Waals surface area contributed by atoms with Crippen molar-refractivity contribution in [2.75, 3.05) is 52.0 Å². The summed E-state index contributed by atoms with van der Waals surface area (Å²) < 4.78 is 57.5. The lowest BCUT2D eigenvalue weighted by Crippen LogP contribution is -2.61. The number of rotatable bonds is 25. The van der Waals surface area contributed by atoms with Gasteiger partial charge in [-0.3, -0.25) is 38.5 Å². The molecule has 0 aromatic carbocycles. The zero-order valence-corrected chi connectivity index (χ0v) is 55.9. The largest absolute Gasteiger partial charge is 0.465 e. The van der Waals surface area contributed by atoms with Crippen molar-refractivity contribution in [1.82, 2.24) is 24.8 Å². The number of methoxy groups -OCH3 is 1. The lowest BCUT2D eigenvalue weighted by Gasteiger charge is -2.44. The van der Waals surface area contributed by atoms with Gasteiger partial charge in [0.25, 0.3) is 0 Å². The highest BCUT2D eigenvalue weighted by Crippen LogP contribution is 2.44. The van der Waals surface area contributed by atoms with Crippen LogP contribution in [0, 0.1) is 20.8 Å². The van der Waals surface area contributed by atoms with Crippen LogP contribution in [0.15, 0.2) is 18.2 Å². The predicted molar refractivity (Wildman–Crippen MR) is 338 cm³/mol. The minimum atomic E-state index is -1.27. The SMILES string of the molecule is CCc1c(C)c2cc3[nH]c(cc4nc(c(C)c5nc(cc1[nH]2)C(C)=C5C(=O)OC)[C@@H](CCC(=O)N(C)CCCS[C@H]1C[C@@H](OC(C)=O)C[C@@H](COC(C)=O)O1)[C@@H]4C)c(C)c3C(C)OCCCS[C@@H]1O[C@H](COC(C)=O)[C@@H](OC(C)=O)[C@H](OC(C)=O)[C@H]1OC(C)=O. The zero-order chi connectivity index (χ0) is 65.8. The molecular formula is C65H87N5O18S2. The molecule has 1 unspecified atom stereocenters. The number of fused-ring (bicyclic) bond motifs is 8. The first kappa shape index (κ1) is 70.7. The molecule has 7 heterocycles. The molecule has 23 nitrogen and oxygen atoms in total. The van der Waals surface area contributed by atoms with Gasteiger partial charge >= 0.3 is 41.8 Å². The Bertz CT molecular complexity index is 3380. The Morgan fingerprint density at radius 1 is 0.711 bits per heavy atom. The third-order valence-corrected chi connectivity index (χ3v) is 19.0. The van der Waals surface area contributed by atoms with Gasteiger partial charge < -0.3 is 62.2 Å². The predicted octanol–water partition coefficient (Wildman–Crippen LogP) is 9.44. The van der Waals surface area contributed by atoms with Gasteiger partial charge in [-0.05, 0) is 118 Å². The molecule has 3 aromatic rings. The summed E-state index contributed by atoms with van der Waals surface area (Å²) in [6.07, 6.45) is -2.55. The summed E-state index contributed by atoms with van der Waals surface area (Å²) in [6, 6.07) is 6.12. The van der Waals surface area contributed by atoms with Crippen LogP contribution < -0.4 is 0 Å². The van der Waals surface area contributed by atoms with Gasteiger partial charge in [0.2, 0.25) is 5.91 Å². The van der Waals surface area contributed by atoms with E-state index in [0.717, 1.165) is 55.7 Å². The van der Waals surface area contributed by atoms with E-state index < -0.39 is 77.9 Å². The van der Waals surface area contributed by atoms with Crippen molar-refractivity contribution in [2.24, 2.45) is 0 Å². The smallest absolute Gasteiger partial charge is 0.340 e. The van der Waals surface area contributed by atoms with E-state index in [2.05, 4.69) is 42.9 Å². The molecule has 2 fully saturated rings. The van der Waals surface area contributed by atoms with Crippen molar-refractivity contribution in [3.8, 4) is 0 Å². The minimum Gasteiger partial charge on any atom is -0.465 e. The van der Waals surface area contributed by atoms with E-state index in [1.54, 1.807) is 23.7 Å². The third-order valence-electron chi connectivity index (χ3n) is 16.5. The highest BCUT2D eigenvalue weighted by Gasteiger charge is 2.52. The van der Waals surface area contributed by atoms with Crippen molar-refractivity contribution in [3.63, 3.8) is 0 Å². The van der Waals surface area contributed by atoms with Crippen LogP contribution in [0.5, 0.6) is 0 Å². The van der Waals surface area contributed by atoms with E-state index in [4.69, 9.17) is 57.3 Å². The molecule has 0 saturated carbocycles. The number of nitrogens with zero attached hydrogens (tertiary/aromatic N) is 3. The molecule has 0 aliphatic carbocycles. The Kier molecular flexibility index (Phi) is 25.1. The van der Waals surface area contributed by atoms with Crippen LogP contribution in [0.1, 0.15) is 176 Å². The topological polar surface area (TPSA) is 289 Å². The second kappa shape index (κ2) is 32.0. The molecular weight excluding hydrogens is 1200 g/mol. The molecule has 0 radical (unpaired) electrons. The molecule has 1 amide bonds. The van der Waals surface area contributed by atoms with E-state index in [1.165, 1.54) is 60.4 Å². The zero-order valence-electron chi connectivity index (χ0n) is 54.3. The number of ether oxygens (including phenoxy) is 10. The first-order valence-corrected chi connectivity index (χ1v) is 32.7. The van der Waals surface area contributed by atoms with Gasteiger partial charge in [0.1, 0.15) is 36.3 Å². The number of hydrogen-bond acceptors (Lipinski definition) is 22. The summed E-state index contributed by atoms with van der Waals surface area (Å²) in [5.41, 5.74) is 10.3. The van der Waals surface area contributed by atoms with Crippen LogP contribution in [-0.2, 0) is 92.1 Å². The molecule has 11 atom stereocenters. The fourth-order valence-corrected chi connectivity index (χ4v) is 14.4. The molecule has 90 heavy (non-hydrogen) atoms. The van der Waals surface area contributed by atoms with Gasteiger partial charge in [0.15, 0.2) is 18.3 Å². The van der Waals surface area contributed by atoms with Crippen molar-refractivity contribution in [1.29, 1.82) is 0 Å². The summed E-state index contributed by atoms with van der Waals surface area (Å²) in [6.45, 7) is 22.1. The van der Waals surface area contributed by atoms with Crippen molar-refractivity contribution in [2.45, 2.75) is 200 Å². The second-order valence-corrected chi connectivity index (χ2v) is 25.7. The Labute approximate surface area is 533 Å². The number of thioether (sulfide) groups is 2. The summed E-state index contributed by atoms with van der Waals surface area (Å²) >= 11 is 2.85. The van der Waals surface area contributed by atoms with Crippen LogP contribution in [0.25, 0.3) is 33.2 Å². The van der Waals surface area contributed by atoms with E-state index >= 15 is 0 Å². The number of H-pyrrole nitrogens is 2. The number of carbonyl (C=O) groups excluding carboxylic acids is 8. The average molecular weight is 1290 g/mol. The number of aromatic nitrogens is 4. The second-order valence-electron chi connectivity index (χ2n) is 23.2. The monoisotopic (exact) mass is 1290 g/mol. The summed E-state index contributed by atoms with van der Waals surface area (Å²) in [5, 5.41) is 0. The van der Waals surface area contributed by atoms with Crippen LogP contribution in [0.2, 0.25) is 0 Å². The molecule has 4 aliphatic rings. The fraction of sp³-hybridized carbons (Fsp3) is 0.600. The van der Waals surface area contributed by atoms with Crippen LogP contribution in [0.4, 0.5) is 0 Å². The number of allylic oxidation sites excluding steroid dienone is 1. The summed E-state index contributed by atoms with van der Waals surface area (Å²) in [7, 11) is 3.15. The van der Waals surface area contributed by atoms with Gasteiger partial charge in [-0.1, -0.05) is 13.8 Å². The normalized spacial score (nSPS) is 22.7. The van der Waals surface area contributed by atoms with Gasteiger partial charge in [-0.15, -0.1) is 23.5 Å². The lowest BCUT2D eigenvalue weighted by molar-refractivity contribution is -0.237. The molecule has 3 aromatic heterocycles. The number of esters is 7. The van der Waals surface area contributed by atoms with Gasteiger partial charge in [-0.25, -0.2) is 9.78 Å². The Balaban J connectivity index is 1.16.